The van der Waals surface area contributed by atoms with Gasteiger partial charge in [0.05, 0.1) is 11.5 Å². The number of carbonyl (C=O) groups excluding carboxylic acids is 2. The van der Waals surface area contributed by atoms with Crippen LogP contribution >= 0.6 is 35.0 Å². The molecule has 47 heavy (non-hydrogen) atoms. The Balaban J connectivity index is 1.47. The van der Waals surface area contributed by atoms with Crippen molar-refractivity contribution in [3.63, 3.8) is 0 Å². The largest absolute Gasteiger partial charge is 0.619 e. The van der Waals surface area contributed by atoms with E-state index in [1.807, 2.05) is 0 Å². The fraction of sp³-hybridized carbons (Fsp3) is 0.367. The Hall–Kier alpha value is -3.37. The molecule has 1 amide bonds. The summed E-state index contributed by atoms with van der Waals surface area (Å²) in [4.78, 5) is 25.7. The van der Waals surface area contributed by atoms with Crippen molar-refractivity contribution in [2.75, 3.05) is 26.0 Å². The summed E-state index contributed by atoms with van der Waals surface area (Å²) in [5.74, 6) is -1.08. The summed E-state index contributed by atoms with van der Waals surface area (Å²) in [6.07, 6.45) is 2.65. The van der Waals surface area contributed by atoms with Gasteiger partial charge in [0.2, 0.25) is 10.0 Å². The van der Waals surface area contributed by atoms with Gasteiger partial charge in [0.1, 0.15) is 16.1 Å². The number of alkyl halides is 2. The number of aromatic nitrogens is 1. The lowest BCUT2D eigenvalue weighted by molar-refractivity contribution is -0.605. The van der Waals surface area contributed by atoms with Crippen LogP contribution in [0.2, 0.25) is 10.0 Å². The van der Waals surface area contributed by atoms with Crippen LogP contribution in [0.5, 0.6) is 11.5 Å². The monoisotopic (exact) mass is 731 g/mol. The first-order valence-corrected chi connectivity index (χ1v) is 17.6. The molecule has 2 fully saturated rings. The molecule has 1 saturated carbocycles. The predicted molar refractivity (Wildman–Crippen MR) is 169 cm³/mol. The predicted octanol–water partition coefficient (Wildman–Crippen LogP) is 4.97. The van der Waals surface area contributed by atoms with Crippen molar-refractivity contribution in [2.45, 2.75) is 42.2 Å². The van der Waals surface area contributed by atoms with Crippen molar-refractivity contribution in [3.05, 3.63) is 86.8 Å². The van der Waals surface area contributed by atoms with E-state index in [1.165, 1.54) is 49.5 Å². The van der Waals surface area contributed by atoms with Crippen LogP contribution in [-0.2, 0) is 26.0 Å². The Bertz CT molecular complexity index is 1740. The normalized spacial score (nSPS) is 17.4. The molecule has 1 aromatic heterocycles. The lowest BCUT2D eigenvalue weighted by atomic mass is 10.0. The number of carbonyl (C=O) groups is 2. The average molecular weight is 733 g/mol. The van der Waals surface area contributed by atoms with Crippen molar-refractivity contribution < 1.29 is 45.7 Å². The summed E-state index contributed by atoms with van der Waals surface area (Å²) in [6, 6.07) is 9.48. The van der Waals surface area contributed by atoms with Gasteiger partial charge in [-0.05, 0) is 54.7 Å². The molecular weight excluding hydrogens is 703 g/mol. The molecule has 0 bridgehead atoms. The van der Waals surface area contributed by atoms with Crippen LogP contribution in [0.3, 0.4) is 0 Å². The zero-order valence-corrected chi connectivity index (χ0v) is 27.9. The van der Waals surface area contributed by atoms with Crippen LogP contribution in [0.25, 0.3) is 0 Å². The zero-order chi connectivity index (χ0) is 33.9. The van der Waals surface area contributed by atoms with E-state index in [1.54, 1.807) is 0 Å². The van der Waals surface area contributed by atoms with Gasteiger partial charge in [-0.15, -0.1) is 11.8 Å². The number of esters is 1. The van der Waals surface area contributed by atoms with E-state index in [-0.39, 0.29) is 74.4 Å². The van der Waals surface area contributed by atoms with Crippen molar-refractivity contribution in [1.82, 2.24) is 9.62 Å². The van der Waals surface area contributed by atoms with Crippen LogP contribution in [0.4, 0.5) is 8.78 Å². The van der Waals surface area contributed by atoms with Crippen LogP contribution < -0.4 is 19.5 Å². The van der Waals surface area contributed by atoms with E-state index in [9.17, 15) is 32.0 Å². The highest BCUT2D eigenvalue weighted by atomic mass is 35.5. The van der Waals surface area contributed by atoms with Crippen molar-refractivity contribution in [2.24, 2.45) is 5.92 Å². The molecule has 252 valence electrons. The van der Waals surface area contributed by atoms with Crippen molar-refractivity contribution in [3.8, 4) is 11.5 Å². The lowest BCUT2D eigenvalue weighted by Gasteiger charge is -2.26. The minimum Gasteiger partial charge on any atom is -0.619 e. The number of nitrogens with zero attached hydrogens (tertiary/aromatic N) is 2. The van der Waals surface area contributed by atoms with E-state index in [0.717, 1.165) is 41.3 Å². The molecule has 0 radical (unpaired) electrons. The number of benzene rings is 2. The van der Waals surface area contributed by atoms with Gasteiger partial charge in [0, 0.05) is 36.9 Å². The minimum absolute atomic E-state index is 0.00570. The quantitative estimate of drug-likeness (QED) is 0.147. The maximum Gasteiger partial charge on any atom is 0.387 e. The summed E-state index contributed by atoms with van der Waals surface area (Å²) in [5, 5.41) is 13.0. The van der Waals surface area contributed by atoms with Gasteiger partial charge in [0.15, 0.2) is 29.3 Å². The number of halogens is 4. The van der Waals surface area contributed by atoms with Gasteiger partial charge >= 0.3 is 12.6 Å². The molecule has 2 aromatic carbocycles. The van der Waals surface area contributed by atoms with Gasteiger partial charge in [0.25, 0.3) is 5.91 Å². The summed E-state index contributed by atoms with van der Waals surface area (Å²) in [6.45, 7) is -2.87. The third kappa shape index (κ3) is 8.38. The SMILES string of the molecule is CNC(=O)c1cccc(S(=O)(=O)N2CCS[C@@H]2C(=O)O[C@@H](Cc2c(Cl)c[n+]([O-])cc2Cl)c2ccc(OC(F)F)c(OCC3CC3)c2)c1. The second-order valence-corrected chi connectivity index (χ2v) is 14.6. The summed E-state index contributed by atoms with van der Waals surface area (Å²) in [5.41, 5.74) is 0.656. The van der Waals surface area contributed by atoms with Gasteiger partial charge < -0.3 is 24.7 Å². The third-order valence-corrected chi connectivity index (χ3v) is 11.2. The first-order chi connectivity index (χ1) is 22.4. The zero-order valence-electron chi connectivity index (χ0n) is 24.7. The van der Waals surface area contributed by atoms with Gasteiger partial charge in [-0.1, -0.05) is 35.3 Å². The van der Waals surface area contributed by atoms with E-state index in [0.29, 0.717) is 4.73 Å². The summed E-state index contributed by atoms with van der Waals surface area (Å²) in [7, 11) is -2.85. The summed E-state index contributed by atoms with van der Waals surface area (Å²) >= 11 is 13.7. The molecule has 11 nitrogen and oxygen atoms in total. The summed E-state index contributed by atoms with van der Waals surface area (Å²) < 4.78 is 71.5. The Labute approximate surface area is 283 Å². The Morgan fingerprint density at radius 2 is 1.85 bits per heavy atom. The van der Waals surface area contributed by atoms with Gasteiger partial charge in [-0.3, -0.25) is 4.79 Å². The number of hydrogen-bond donors (Lipinski definition) is 1. The average Bonchev–Trinajstić information content (AvgIpc) is 3.72. The van der Waals surface area contributed by atoms with E-state index in [4.69, 9.17) is 32.7 Å². The number of amides is 1. The second kappa shape index (κ2) is 14.8. The first kappa shape index (κ1) is 35.0. The first-order valence-electron chi connectivity index (χ1n) is 14.3. The third-order valence-electron chi connectivity index (χ3n) is 7.41. The van der Waals surface area contributed by atoms with Crippen molar-refractivity contribution >= 4 is 56.9 Å². The smallest absolute Gasteiger partial charge is 0.387 e. The maximum absolute atomic E-state index is 13.8. The van der Waals surface area contributed by atoms with E-state index < -0.39 is 40.0 Å². The Morgan fingerprint density at radius 3 is 2.51 bits per heavy atom. The number of pyridine rings is 1. The Kier molecular flexibility index (Phi) is 11.0. The number of hydrogen-bond acceptors (Lipinski definition) is 9. The fourth-order valence-corrected chi connectivity index (χ4v) is 8.52. The minimum atomic E-state index is -4.26. The maximum atomic E-state index is 13.8. The van der Waals surface area contributed by atoms with Gasteiger partial charge in [-0.25, -0.2) is 13.2 Å². The number of ether oxygens (including phenoxy) is 3. The van der Waals surface area contributed by atoms with Crippen LogP contribution in [-0.4, -0.2) is 62.5 Å². The molecule has 2 heterocycles. The molecule has 1 aliphatic carbocycles. The highest BCUT2D eigenvalue weighted by Gasteiger charge is 2.42. The topological polar surface area (TPSA) is 138 Å². The number of nitrogens with one attached hydrogen (secondary N) is 1. The van der Waals surface area contributed by atoms with Crippen LogP contribution in [0.1, 0.15) is 40.4 Å². The second-order valence-electron chi connectivity index (χ2n) is 10.7. The van der Waals surface area contributed by atoms with Crippen LogP contribution in [0, 0.1) is 11.1 Å². The molecule has 0 unspecified atom stereocenters. The van der Waals surface area contributed by atoms with E-state index >= 15 is 0 Å². The number of rotatable bonds is 13. The van der Waals surface area contributed by atoms with Crippen molar-refractivity contribution in [1.29, 1.82) is 0 Å². The highest BCUT2D eigenvalue weighted by Crippen LogP contribution is 2.39. The molecule has 1 saturated heterocycles. The molecule has 1 N–H and O–H groups in total. The fourth-order valence-electron chi connectivity index (χ4n) is 4.82. The molecule has 17 heteroatoms. The number of sulfonamides is 1. The van der Waals surface area contributed by atoms with E-state index in [2.05, 4.69) is 10.1 Å². The standard InChI is InChI=1S/C30H29Cl2F2N3O8S2/c1-35-27(38)19-3-2-4-20(11-19)47(41,42)37-9-10-46-28(37)29(39)44-25(13-21-22(31)14-36(40)15-23(21)32)18-7-8-24(45-30(33)34)26(12-18)43-16-17-5-6-17/h2-4,7-8,11-12,14-15,17,25,28,30H,5-6,9-10,13,16H2,1H3,(H,35,38)/t25-,28+/m0/s1. The molecule has 3 aromatic rings. The highest BCUT2D eigenvalue weighted by molar-refractivity contribution is 8.02. The molecule has 1 aliphatic heterocycles. The number of thioether (sulfide) groups is 1. The van der Waals surface area contributed by atoms with Crippen LogP contribution in [0.15, 0.2) is 59.8 Å². The Morgan fingerprint density at radius 1 is 1.13 bits per heavy atom. The molecular formula is C30H29Cl2F2N3O8S2. The molecule has 5 rings (SSSR count). The molecule has 0 spiro atoms. The van der Waals surface area contributed by atoms with Gasteiger partial charge in [-0.2, -0.15) is 17.8 Å². The molecule has 2 aliphatic rings. The lowest BCUT2D eigenvalue weighted by Crippen LogP contribution is -2.40. The molecule has 2 atom stereocenters.